The molecule has 0 radical (unpaired) electrons. The third-order valence-corrected chi connectivity index (χ3v) is 6.45. The van der Waals surface area contributed by atoms with Gasteiger partial charge in [-0.15, -0.1) is 11.3 Å². The summed E-state index contributed by atoms with van der Waals surface area (Å²) < 4.78 is 31.7. The van der Waals surface area contributed by atoms with E-state index in [0.29, 0.717) is 35.9 Å². The van der Waals surface area contributed by atoms with Gasteiger partial charge in [-0.1, -0.05) is 6.08 Å². The second-order valence-corrected chi connectivity index (χ2v) is 7.95. The Morgan fingerprint density at radius 1 is 1.50 bits per heavy atom. The average Bonchev–Trinajstić information content (AvgIpc) is 2.82. The second-order valence-electron chi connectivity index (χ2n) is 4.70. The predicted octanol–water partition coefficient (Wildman–Crippen LogP) is 1.52. The zero-order valence-electron chi connectivity index (χ0n) is 11.6. The Kier molecular flexibility index (Phi) is 4.98. The van der Waals surface area contributed by atoms with Gasteiger partial charge in [0.05, 0.1) is 18.1 Å². The van der Waals surface area contributed by atoms with Gasteiger partial charge in [0, 0.05) is 30.0 Å². The van der Waals surface area contributed by atoms with Crippen LogP contribution in [0.5, 0.6) is 0 Å². The van der Waals surface area contributed by atoms with Crippen molar-refractivity contribution in [3.05, 3.63) is 27.5 Å². The molecule has 1 aromatic rings. The summed E-state index contributed by atoms with van der Waals surface area (Å²) in [4.78, 5) is 1.71. The van der Waals surface area contributed by atoms with Crippen LogP contribution in [0.3, 0.4) is 0 Å². The van der Waals surface area contributed by atoms with Gasteiger partial charge in [-0.3, -0.25) is 0 Å². The number of sulfonamides is 1. The summed E-state index contributed by atoms with van der Waals surface area (Å²) in [7, 11) is -1.84. The van der Waals surface area contributed by atoms with Crippen LogP contribution in [0.2, 0.25) is 0 Å². The van der Waals surface area contributed by atoms with Gasteiger partial charge in [0.1, 0.15) is 0 Å². The van der Waals surface area contributed by atoms with E-state index in [-0.39, 0.29) is 6.61 Å². The van der Waals surface area contributed by atoms with Crippen LogP contribution in [0, 0.1) is 6.92 Å². The first-order valence-electron chi connectivity index (χ1n) is 6.36. The zero-order valence-corrected chi connectivity index (χ0v) is 13.3. The summed E-state index contributed by atoms with van der Waals surface area (Å²) in [5.74, 6) is 0. The SMILES string of the molecule is COCC1=CCN(S(=O)(=O)c2cc(CO)sc2C)CC1. The smallest absolute Gasteiger partial charge is 0.244 e. The maximum Gasteiger partial charge on any atom is 0.244 e. The zero-order chi connectivity index (χ0) is 14.8. The molecule has 0 amide bonds. The van der Waals surface area contributed by atoms with Crippen LogP contribution >= 0.6 is 11.3 Å². The summed E-state index contributed by atoms with van der Waals surface area (Å²) in [5, 5.41) is 9.12. The Labute approximate surface area is 123 Å². The van der Waals surface area contributed by atoms with E-state index in [0.717, 1.165) is 10.5 Å². The minimum atomic E-state index is -3.47. The number of methoxy groups -OCH3 is 1. The lowest BCUT2D eigenvalue weighted by molar-refractivity contribution is 0.219. The number of aliphatic hydroxyl groups is 1. The molecule has 0 unspecified atom stereocenters. The molecule has 2 heterocycles. The Morgan fingerprint density at radius 3 is 2.75 bits per heavy atom. The normalized spacial score (nSPS) is 17.2. The number of rotatable bonds is 5. The van der Waals surface area contributed by atoms with Crippen molar-refractivity contribution in [3.8, 4) is 0 Å². The Balaban J connectivity index is 2.21. The summed E-state index contributed by atoms with van der Waals surface area (Å²) in [6.07, 6.45) is 2.61. The van der Waals surface area contributed by atoms with Crippen molar-refractivity contribution < 1.29 is 18.3 Å². The number of thiophene rings is 1. The standard InChI is InChI=1S/C13H19NO4S2/c1-10-13(7-12(8-15)19-10)20(16,17)14-5-3-11(4-6-14)9-18-2/h3,7,15H,4-6,8-9H2,1-2H3. The largest absolute Gasteiger partial charge is 0.391 e. The highest BCUT2D eigenvalue weighted by Gasteiger charge is 2.28. The number of aryl methyl sites for hydroxylation is 1. The van der Waals surface area contributed by atoms with Crippen molar-refractivity contribution in [1.82, 2.24) is 4.31 Å². The molecular formula is C13H19NO4S2. The van der Waals surface area contributed by atoms with E-state index in [1.807, 2.05) is 6.08 Å². The summed E-state index contributed by atoms with van der Waals surface area (Å²) in [5.41, 5.74) is 1.14. The number of hydrogen-bond donors (Lipinski definition) is 1. The highest BCUT2D eigenvalue weighted by molar-refractivity contribution is 7.89. The molecule has 1 aromatic heterocycles. The molecule has 0 aliphatic carbocycles. The van der Waals surface area contributed by atoms with Crippen LogP contribution < -0.4 is 0 Å². The van der Waals surface area contributed by atoms with E-state index in [2.05, 4.69) is 0 Å². The van der Waals surface area contributed by atoms with Crippen molar-refractivity contribution in [2.75, 3.05) is 26.8 Å². The highest BCUT2D eigenvalue weighted by Crippen LogP contribution is 2.29. The Hall–Kier alpha value is -0.730. The van der Waals surface area contributed by atoms with Gasteiger partial charge in [0.2, 0.25) is 10.0 Å². The molecule has 20 heavy (non-hydrogen) atoms. The molecule has 112 valence electrons. The number of aliphatic hydroxyl groups excluding tert-OH is 1. The molecule has 0 spiro atoms. The van der Waals surface area contributed by atoms with E-state index in [1.54, 1.807) is 20.1 Å². The first-order valence-corrected chi connectivity index (χ1v) is 8.62. The molecule has 1 aliphatic rings. The number of nitrogens with zero attached hydrogens (tertiary/aromatic N) is 1. The molecule has 0 saturated carbocycles. The van der Waals surface area contributed by atoms with Crippen molar-refractivity contribution >= 4 is 21.4 Å². The van der Waals surface area contributed by atoms with Crippen LogP contribution in [0.1, 0.15) is 16.2 Å². The maximum absolute atomic E-state index is 12.6. The first-order chi connectivity index (χ1) is 9.48. The van der Waals surface area contributed by atoms with Gasteiger partial charge in [-0.2, -0.15) is 4.31 Å². The van der Waals surface area contributed by atoms with Crippen molar-refractivity contribution in [1.29, 1.82) is 0 Å². The molecule has 0 aromatic carbocycles. The highest BCUT2D eigenvalue weighted by atomic mass is 32.2. The quantitative estimate of drug-likeness (QED) is 0.836. The van der Waals surface area contributed by atoms with Crippen LogP contribution in [0.25, 0.3) is 0 Å². The van der Waals surface area contributed by atoms with E-state index in [4.69, 9.17) is 9.84 Å². The van der Waals surface area contributed by atoms with Gasteiger partial charge in [-0.25, -0.2) is 8.42 Å². The minimum absolute atomic E-state index is 0.126. The molecule has 0 fully saturated rings. The molecule has 1 aliphatic heterocycles. The van der Waals surface area contributed by atoms with Crippen molar-refractivity contribution in [3.63, 3.8) is 0 Å². The number of ether oxygens (including phenoxy) is 1. The lowest BCUT2D eigenvalue weighted by atomic mass is 10.1. The lowest BCUT2D eigenvalue weighted by Crippen LogP contribution is -2.35. The van der Waals surface area contributed by atoms with E-state index in [1.165, 1.54) is 15.6 Å². The minimum Gasteiger partial charge on any atom is -0.391 e. The predicted molar refractivity (Wildman–Crippen MR) is 78.3 cm³/mol. The summed E-state index contributed by atoms with van der Waals surface area (Å²) in [6, 6.07) is 1.57. The van der Waals surface area contributed by atoms with Gasteiger partial charge < -0.3 is 9.84 Å². The first kappa shape index (κ1) is 15.7. The number of hydrogen-bond acceptors (Lipinski definition) is 5. The van der Waals surface area contributed by atoms with E-state index in [9.17, 15) is 8.42 Å². The molecule has 0 bridgehead atoms. The van der Waals surface area contributed by atoms with Crippen molar-refractivity contribution in [2.45, 2.75) is 24.8 Å². The molecule has 1 N–H and O–H groups in total. The fourth-order valence-corrected chi connectivity index (χ4v) is 5.07. The average molecular weight is 317 g/mol. The van der Waals surface area contributed by atoms with Crippen LogP contribution in [-0.2, 0) is 21.4 Å². The Morgan fingerprint density at radius 2 is 2.25 bits per heavy atom. The third kappa shape index (κ3) is 3.12. The Bertz CT molecular complexity index is 604. The van der Waals surface area contributed by atoms with Gasteiger partial charge in [0.15, 0.2) is 0 Å². The fraction of sp³-hybridized carbons (Fsp3) is 0.538. The summed E-state index contributed by atoms with van der Waals surface area (Å²) >= 11 is 1.32. The molecule has 0 atom stereocenters. The maximum atomic E-state index is 12.6. The molecular weight excluding hydrogens is 298 g/mol. The summed E-state index contributed by atoms with van der Waals surface area (Å²) in [6.45, 7) is 3.05. The van der Waals surface area contributed by atoms with Crippen LogP contribution in [-0.4, -0.2) is 44.6 Å². The van der Waals surface area contributed by atoms with E-state index >= 15 is 0 Å². The van der Waals surface area contributed by atoms with E-state index < -0.39 is 10.0 Å². The van der Waals surface area contributed by atoms with Crippen LogP contribution in [0.4, 0.5) is 0 Å². The monoisotopic (exact) mass is 317 g/mol. The topological polar surface area (TPSA) is 66.8 Å². The van der Waals surface area contributed by atoms with Crippen molar-refractivity contribution in [2.24, 2.45) is 0 Å². The molecule has 7 heteroatoms. The van der Waals surface area contributed by atoms with Gasteiger partial charge >= 0.3 is 0 Å². The lowest BCUT2D eigenvalue weighted by Gasteiger charge is -2.25. The fourth-order valence-electron chi connectivity index (χ4n) is 2.22. The molecule has 0 saturated heterocycles. The molecule has 5 nitrogen and oxygen atoms in total. The van der Waals surface area contributed by atoms with Gasteiger partial charge in [0.25, 0.3) is 0 Å². The molecule has 2 rings (SSSR count). The second kappa shape index (κ2) is 6.36. The third-order valence-electron chi connectivity index (χ3n) is 3.29. The van der Waals surface area contributed by atoms with Gasteiger partial charge in [-0.05, 0) is 25.0 Å². The van der Waals surface area contributed by atoms with Crippen LogP contribution in [0.15, 0.2) is 22.6 Å².